The highest BCUT2D eigenvalue weighted by atomic mass is 16.6. The van der Waals surface area contributed by atoms with Crippen LogP contribution in [0.5, 0.6) is 0 Å². The van der Waals surface area contributed by atoms with Crippen molar-refractivity contribution in [2.24, 2.45) is 5.10 Å². The summed E-state index contributed by atoms with van der Waals surface area (Å²) in [6.45, 7) is 7.62. The summed E-state index contributed by atoms with van der Waals surface area (Å²) >= 11 is 0. The van der Waals surface area contributed by atoms with Gasteiger partial charge in [0.15, 0.2) is 0 Å². The normalized spacial score (nSPS) is 11.0. The van der Waals surface area contributed by atoms with Crippen molar-refractivity contribution in [2.45, 2.75) is 27.7 Å². The molecular weight excluding hydrogens is 368 g/mol. The highest BCUT2D eigenvalue weighted by molar-refractivity contribution is 5.96. The zero-order chi connectivity index (χ0) is 21.1. The van der Waals surface area contributed by atoms with Crippen LogP contribution in [0.3, 0.4) is 0 Å². The molecular formula is C22H22N4O3. The quantitative estimate of drug-likeness (QED) is 0.398. The standard InChI is InChI=1S/C22H22N4O3/c1-14-7-5-6-8-20(14)22(27)24-23-13-18-11-16(3)25(17(18)4)21-12-19(26(28)29)10-9-15(21)2/h5-13H,1-4H3,(H,24,27)/b23-13-. The largest absolute Gasteiger partial charge is 0.317 e. The number of carbonyl (C=O) groups excluding carboxylic acids is 1. The van der Waals surface area contributed by atoms with Gasteiger partial charge >= 0.3 is 0 Å². The second-order valence-corrected chi connectivity index (χ2v) is 6.90. The molecule has 0 atom stereocenters. The molecule has 0 bridgehead atoms. The van der Waals surface area contributed by atoms with Crippen LogP contribution in [0.1, 0.15) is 38.4 Å². The first-order valence-corrected chi connectivity index (χ1v) is 9.13. The van der Waals surface area contributed by atoms with Gasteiger partial charge in [-0.15, -0.1) is 0 Å². The third-order valence-electron chi connectivity index (χ3n) is 4.87. The molecule has 1 aromatic heterocycles. The molecule has 0 radical (unpaired) electrons. The summed E-state index contributed by atoms with van der Waals surface area (Å²) in [6, 6.07) is 14.0. The van der Waals surface area contributed by atoms with Gasteiger partial charge in [-0.1, -0.05) is 24.3 Å². The first-order chi connectivity index (χ1) is 13.8. The summed E-state index contributed by atoms with van der Waals surface area (Å²) in [6.07, 6.45) is 1.59. The molecule has 1 heterocycles. The Balaban J connectivity index is 1.88. The molecule has 1 amide bonds. The number of benzene rings is 2. The van der Waals surface area contributed by atoms with E-state index in [2.05, 4.69) is 10.5 Å². The van der Waals surface area contributed by atoms with Crippen molar-refractivity contribution in [2.75, 3.05) is 0 Å². The average molecular weight is 390 g/mol. The molecule has 3 rings (SSSR count). The van der Waals surface area contributed by atoms with Crippen molar-refractivity contribution in [3.63, 3.8) is 0 Å². The maximum Gasteiger partial charge on any atom is 0.271 e. The molecule has 0 aliphatic heterocycles. The molecule has 7 heteroatoms. The van der Waals surface area contributed by atoms with Crippen LogP contribution in [-0.4, -0.2) is 21.6 Å². The molecule has 0 aliphatic rings. The molecule has 148 valence electrons. The van der Waals surface area contributed by atoms with Crippen LogP contribution in [0.15, 0.2) is 53.6 Å². The van der Waals surface area contributed by atoms with Gasteiger partial charge in [-0.2, -0.15) is 5.10 Å². The minimum absolute atomic E-state index is 0.0406. The van der Waals surface area contributed by atoms with Crippen LogP contribution >= 0.6 is 0 Å². The van der Waals surface area contributed by atoms with Gasteiger partial charge < -0.3 is 4.57 Å². The lowest BCUT2D eigenvalue weighted by Crippen LogP contribution is -2.18. The number of nitrogens with zero attached hydrogens (tertiary/aromatic N) is 3. The molecule has 0 unspecified atom stereocenters. The highest BCUT2D eigenvalue weighted by Crippen LogP contribution is 2.26. The third kappa shape index (κ3) is 4.08. The maximum absolute atomic E-state index is 12.3. The van der Waals surface area contributed by atoms with Crippen molar-refractivity contribution in [1.82, 2.24) is 9.99 Å². The topological polar surface area (TPSA) is 89.5 Å². The summed E-state index contributed by atoms with van der Waals surface area (Å²) < 4.78 is 1.95. The van der Waals surface area contributed by atoms with Gasteiger partial charge in [0.25, 0.3) is 11.6 Å². The fraction of sp³-hybridized carbons (Fsp3) is 0.182. The predicted octanol–water partition coefficient (Wildman–Crippen LogP) is 4.38. The SMILES string of the molecule is Cc1ccccc1C(=O)N/N=C\c1cc(C)n(-c2cc([N+](=O)[O-])ccc2C)c1C. The summed E-state index contributed by atoms with van der Waals surface area (Å²) in [4.78, 5) is 23.0. The van der Waals surface area contributed by atoms with E-state index in [1.165, 1.54) is 6.07 Å². The number of hydrazone groups is 1. The van der Waals surface area contributed by atoms with Gasteiger partial charge in [-0.3, -0.25) is 14.9 Å². The van der Waals surface area contributed by atoms with Gasteiger partial charge in [0.2, 0.25) is 0 Å². The summed E-state index contributed by atoms with van der Waals surface area (Å²) in [5, 5.41) is 15.2. The van der Waals surface area contributed by atoms with Crippen molar-refractivity contribution in [3.8, 4) is 5.69 Å². The lowest BCUT2D eigenvalue weighted by atomic mass is 10.1. The summed E-state index contributed by atoms with van der Waals surface area (Å²) in [5.74, 6) is -0.275. The third-order valence-corrected chi connectivity index (χ3v) is 4.87. The molecule has 0 aliphatic carbocycles. The molecule has 0 spiro atoms. The predicted molar refractivity (Wildman–Crippen MR) is 113 cm³/mol. The first kappa shape index (κ1) is 20.0. The van der Waals surface area contributed by atoms with Crippen molar-refractivity contribution < 1.29 is 9.72 Å². The van der Waals surface area contributed by atoms with Crippen LogP contribution in [0.25, 0.3) is 5.69 Å². The highest BCUT2D eigenvalue weighted by Gasteiger charge is 2.15. The smallest absolute Gasteiger partial charge is 0.271 e. The fourth-order valence-electron chi connectivity index (χ4n) is 3.29. The van der Waals surface area contributed by atoms with Crippen LogP contribution in [-0.2, 0) is 0 Å². The molecule has 0 fully saturated rings. The van der Waals surface area contributed by atoms with Gasteiger partial charge in [-0.25, -0.2) is 5.43 Å². The Labute approximate surface area is 168 Å². The Hall–Kier alpha value is -3.74. The van der Waals surface area contributed by atoms with E-state index in [-0.39, 0.29) is 11.6 Å². The lowest BCUT2D eigenvalue weighted by Gasteiger charge is -2.12. The molecule has 1 N–H and O–H groups in total. The number of non-ortho nitro benzene ring substituents is 1. The Morgan fingerprint density at radius 2 is 1.79 bits per heavy atom. The van der Waals surface area contributed by atoms with Gasteiger partial charge in [0.1, 0.15) is 0 Å². The summed E-state index contributed by atoms with van der Waals surface area (Å²) in [7, 11) is 0. The zero-order valence-electron chi connectivity index (χ0n) is 16.8. The van der Waals surface area contributed by atoms with Crippen LogP contribution < -0.4 is 5.43 Å². The van der Waals surface area contributed by atoms with Gasteiger partial charge in [0, 0.05) is 34.6 Å². The van der Waals surface area contributed by atoms with E-state index in [0.29, 0.717) is 5.56 Å². The van der Waals surface area contributed by atoms with Gasteiger partial charge in [-0.05, 0) is 51.0 Å². The minimum Gasteiger partial charge on any atom is -0.317 e. The second-order valence-electron chi connectivity index (χ2n) is 6.90. The Morgan fingerprint density at radius 3 is 2.48 bits per heavy atom. The molecule has 3 aromatic rings. The Bertz CT molecular complexity index is 1130. The van der Waals surface area contributed by atoms with Crippen molar-refractivity contribution in [1.29, 1.82) is 0 Å². The average Bonchev–Trinajstić information content (AvgIpc) is 2.96. The number of nitro benzene ring substituents is 1. The monoisotopic (exact) mass is 390 g/mol. The molecule has 2 aromatic carbocycles. The Kier molecular flexibility index (Phi) is 5.59. The zero-order valence-corrected chi connectivity index (χ0v) is 16.8. The molecule has 0 saturated heterocycles. The van der Waals surface area contributed by atoms with Crippen molar-refractivity contribution in [3.05, 3.63) is 92.3 Å². The molecule has 0 saturated carbocycles. The van der Waals surface area contributed by atoms with E-state index in [1.54, 1.807) is 30.5 Å². The molecule has 29 heavy (non-hydrogen) atoms. The number of aromatic nitrogens is 1. The number of hydrogen-bond acceptors (Lipinski definition) is 4. The second kappa shape index (κ2) is 8.10. The molecule has 7 nitrogen and oxygen atoms in total. The maximum atomic E-state index is 12.3. The van der Waals surface area contributed by atoms with E-state index in [0.717, 1.165) is 33.8 Å². The number of amides is 1. The minimum atomic E-state index is -0.402. The lowest BCUT2D eigenvalue weighted by molar-refractivity contribution is -0.384. The summed E-state index contributed by atoms with van der Waals surface area (Å²) in [5.41, 5.74) is 8.32. The van der Waals surface area contributed by atoms with Crippen LogP contribution in [0.2, 0.25) is 0 Å². The van der Waals surface area contributed by atoms with Gasteiger partial charge in [0.05, 0.1) is 16.8 Å². The van der Waals surface area contributed by atoms with E-state index >= 15 is 0 Å². The number of rotatable bonds is 5. The number of nitrogens with one attached hydrogen (secondary N) is 1. The van der Waals surface area contributed by atoms with E-state index in [4.69, 9.17) is 0 Å². The van der Waals surface area contributed by atoms with E-state index < -0.39 is 4.92 Å². The first-order valence-electron chi connectivity index (χ1n) is 9.13. The van der Waals surface area contributed by atoms with Crippen LogP contribution in [0.4, 0.5) is 5.69 Å². The van der Waals surface area contributed by atoms with E-state index in [1.807, 2.05) is 50.5 Å². The fourth-order valence-corrected chi connectivity index (χ4v) is 3.29. The van der Waals surface area contributed by atoms with Crippen LogP contribution in [0, 0.1) is 37.8 Å². The number of aryl methyl sites for hydroxylation is 3. The van der Waals surface area contributed by atoms with E-state index in [9.17, 15) is 14.9 Å². The Morgan fingerprint density at radius 1 is 1.07 bits per heavy atom. The number of nitro groups is 1. The number of hydrogen-bond donors (Lipinski definition) is 1. The van der Waals surface area contributed by atoms with Crippen molar-refractivity contribution >= 4 is 17.8 Å². The number of carbonyl (C=O) groups is 1.